The molecule has 6 nitrogen and oxygen atoms in total. The lowest BCUT2D eigenvalue weighted by molar-refractivity contribution is -0.121. The van der Waals surface area contributed by atoms with Gasteiger partial charge in [0.1, 0.15) is 5.75 Å². The number of pyridine rings is 1. The SMILES string of the molecule is COc1c(C)cnc(CNC(=O)CCc2ncc(-c3ccc(Cl)cc3Cl)o2)c1C. The number of carbonyl (C=O) groups excluding carboxylic acids is 1. The Kier molecular flexibility index (Phi) is 6.77. The van der Waals surface area contributed by atoms with E-state index in [4.69, 9.17) is 32.4 Å². The molecule has 0 aliphatic carbocycles. The number of nitrogens with zero attached hydrogens (tertiary/aromatic N) is 2. The van der Waals surface area contributed by atoms with Crippen molar-refractivity contribution in [1.29, 1.82) is 0 Å². The number of oxazole rings is 1. The van der Waals surface area contributed by atoms with Gasteiger partial charge in [-0.3, -0.25) is 9.78 Å². The minimum absolute atomic E-state index is 0.116. The Balaban J connectivity index is 1.56. The molecule has 29 heavy (non-hydrogen) atoms. The maximum Gasteiger partial charge on any atom is 0.220 e. The lowest BCUT2D eigenvalue weighted by atomic mass is 10.1. The standard InChI is InChI=1S/C21H21Cl2N3O3/c1-12-9-24-17(13(2)21(12)28-3)10-25-19(27)6-7-20-26-11-18(29-20)15-5-4-14(22)8-16(15)23/h4-5,8-9,11H,6-7,10H2,1-3H3,(H,25,27). The number of nitrogens with one attached hydrogen (secondary N) is 1. The minimum Gasteiger partial charge on any atom is -0.496 e. The van der Waals surface area contributed by atoms with Gasteiger partial charge in [-0.25, -0.2) is 4.98 Å². The molecule has 3 aromatic rings. The molecule has 0 aliphatic rings. The molecule has 2 heterocycles. The zero-order valence-corrected chi connectivity index (χ0v) is 17.9. The van der Waals surface area contributed by atoms with Crippen LogP contribution in [0.25, 0.3) is 11.3 Å². The van der Waals surface area contributed by atoms with Crippen LogP contribution < -0.4 is 10.1 Å². The van der Waals surface area contributed by atoms with E-state index >= 15 is 0 Å². The highest BCUT2D eigenvalue weighted by atomic mass is 35.5. The van der Waals surface area contributed by atoms with Gasteiger partial charge in [0, 0.05) is 40.8 Å². The van der Waals surface area contributed by atoms with Gasteiger partial charge in [-0.05, 0) is 32.0 Å². The summed E-state index contributed by atoms with van der Waals surface area (Å²) in [6.07, 6.45) is 3.95. The summed E-state index contributed by atoms with van der Waals surface area (Å²) in [5.41, 5.74) is 3.36. The number of ether oxygens (including phenoxy) is 1. The molecule has 1 aromatic carbocycles. The fourth-order valence-corrected chi connectivity index (χ4v) is 3.48. The summed E-state index contributed by atoms with van der Waals surface area (Å²) in [6, 6.07) is 5.14. The number of aryl methyl sites for hydroxylation is 2. The summed E-state index contributed by atoms with van der Waals surface area (Å²) < 4.78 is 11.1. The van der Waals surface area contributed by atoms with Crippen molar-refractivity contribution in [1.82, 2.24) is 15.3 Å². The third kappa shape index (κ3) is 5.08. The van der Waals surface area contributed by atoms with E-state index in [9.17, 15) is 4.79 Å². The average Bonchev–Trinajstić information content (AvgIpc) is 3.15. The Labute approximate surface area is 179 Å². The Hall–Kier alpha value is -2.57. The molecule has 0 aliphatic heterocycles. The van der Waals surface area contributed by atoms with Crippen molar-refractivity contribution in [2.45, 2.75) is 33.2 Å². The molecule has 1 amide bonds. The highest BCUT2D eigenvalue weighted by molar-refractivity contribution is 6.36. The number of carbonyl (C=O) groups is 1. The van der Waals surface area contributed by atoms with Gasteiger partial charge >= 0.3 is 0 Å². The number of amides is 1. The first-order valence-corrected chi connectivity index (χ1v) is 9.80. The number of benzene rings is 1. The number of hydrogen-bond acceptors (Lipinski definition) is 5. The maximum atomic E-state index is 12.2. The van der Waals surface area contributed by atoms with Crippen LogP contribution in [-0.4, -0.2) is 23.0 Å². The molecule has 0 unspecified atom stereocenters. The monoisotopic (exact) mass is 433 g/mol. The van der Waals surface area contributed by atoms with Crippen molar-refractivity contribution in [3.05, 3.63) is 63.3 Å². The number of aromatic nitrogens is 2. The molecule has 8 heteroatoms. The average molecular weight is 434 g/mol. The van der Waals surface area contributed by atoms with Crippen LogP contribution in [0.2, 0.25) is 10.0 Å². The van der Waals surface area contributed by atoms with Crippen LogP contribution in [0.5, 0.6) is 5.75 Å². The van der Waals surface area contributed by atoms with E-state index in [0.717, 1.165) is 22.6 Å². The highest BCUT2D eigenvalue weighted by Gasteiger charge is 2.13. The van der Waals surface area contributed by atoms with Gasteiger partial charge < -0.3 is 14.5 Å². The second kappa shape index (κ2) is 9.29. The van der Waals surface area contributed by atoms with Crippen molar-refractivity contribution in [3.63, 3.8) is 0 Å². The largest absolute Gasteiger partial charge is 0.496 e. The lowest BCUT2D eigenvalue weighted by Crippen LogP contribution is -2.24. The van der Waals surface area contributed by atoms with E-state index in [2.05, 4.69) is 15.3 Å². The van der Waals surface area contributed by atoms with Gasteiger partial charge in [0.2, 0.25) is 5.91 Å². The summed E-state index contributed by atoms with van der Waals surface area (Å²) in [5, 5.41) is 3.90. The van der Waals surface area contributed by atoms with Gasteiger partial charge in [0.15, 0.2) is 11.7 Å². The second-order valence-corrected chi connectivity index (χ2v) is 7.41. The van der Waals surface area contributed by atoms with Gasteiger partial charge in [0.05, 0.1) is 30.6 Å². The summed E-state index contributed by atoms with van der Waals surface area (Å²) >= 11 is 12.1. The van der Waals surface area contributed by atoms with Crippen LogP contribution in [-0.2, 0) is 17.8 Å². The van der Waals surface area contributed by atoms with Crippen LogP contribution in [0.4, 0.5) is 0 Å². The summed E-state index contributed by atoms with van der Waals surface area (Å²) in [5.74, 6) is 1.67. The lowest BCUT2D eigenvalue weighted by Gasteiger charge is -2.12. The molecular weight excluding hydrogens is 413 g/mol. The number of methoxy groups -OCH3 is 1. The Morgan fingerprint density at radius 3 is 2.72 bits per heavy atom. The number of rotatable bonds is 7. The normalized spacial score (nSPS) is 10.8. The molecule has 0 saturated carbocycles. The van der Waals surface area contributed by atoms with Gasteiger partial charge in [-0.2, -0.15) is 0 Å². The van der Waals surface area contributed by atoms with Crippen LogP contribution in [0.3, 0.4) is 0 Å². The predicted molar refractivity (Wildman–Crippen MR) is 112 cm³/mol. The molecule has 152 valence electrons. The maximum absolute atomic E-state index is 12.2. The Morgan fingerprint density at radius 2 is 2.00 bits per heavy atom. The zero-order chi connectivity index (χ0) is 21.0. The van der Waals surface area contributed by atoms with Crippen molar-refractivity contribution in [3.8, 4) is 17.1 Å². The van der Waals surface area contributed by atoms with Crippen LogP contribution in [0.15, 0.2) is 35.0 Å². The molecule has 2 aromatic heterocycles. The second-order valence-electron chi connectivity index (χ2n) is 6.57. The molecule has 0 atom stereocenters. The third-order valence-corrected chi connectivity index (χ3v) is 5.07. The minimum atomic E-state index is -0.116. The first kappa shape index (κ1) is 21.1. The van der Waals surface area contributed by atoms with E-state index in [-0.39, 0.29) is 12.3 Å². The van der Waals surface area contributed by atoms with E-state index in [1.54, 1.807) is 37.7 Å². The van der Waals surface area contributed by atoms with Crippen LogP contribution >= 0.6 is 23.2 Å². The number of hydrogen-bond donors (Lipinski definition) is 1. The summed E-state index contributed by atoms with van der Waals surface area (Å²) in [6.45, 7) is 4.19. The van der Waals surface area contributed by atoms with E-state index in [1.165, 1.54) is 0 Å². The molecule has 0 fully saturated rings. The predicted octanol–water partition coefficient (Wildman–Crippen LogP) is 4.92. The third-order valence-electron chi connectivity index (χ3n) is 4.52. The van der Waals surface area contributed by atoms with Crippen molar-refractivity contribution in [2.75, 3.05) is 7.11 Å². The van der Waals surface area contributed by atoms with E-state index in [0.29, 0.717) is 40.2 Å². The van der Waals surface area contributed by atoms with Crippen LogP contribution in [0, 0.1) is 13.8 Å². The van der Waals surface area contributed by atoms with Crippen molar-refractivity contribution in [2.24, 2.45) is 0 Å². The smallest absolute Gasteiger partial charge is 0.220 e. The molecule has 1 N–H and O–H groups in total. The van der Waals surface area contributed by atoms with Crippen molar-refractivity contribution >= 4 is 29.1 Å². The summed E-state index contributed by atoms with van der Waals surface area (Å²) in [4.78, 5) is 20.8. The quantitative estimate of drug-likeness (QED) is 0.571. The molecule has 0 spiro atoms. The van der Waals surface area contributed by atoms with Crippen molar-refractivity contribution < 1.29 is 13.9 Å². The fraction of sp³-hybridized carbons (Fsp3) is 0.286. The molecule has 0 radical (unpaired) electrons. The summed E-state index contributed by atoms with van der Waals surface area (Å²) in [7, 11) is 1.62. The number of halogens is 2. The first-order valence-electron chi connectivity index (χ1n) is 9.05. The van der Waals surface area contributed by atoms with Crippen LogP contribution in [0.1, 0.15) is 29.1 Å². The van der Waals surface area contributed by atoms with E-state index < -0.39 is 0 Å². The van der Waals surface area contributed by atoms with Gasteiger partial charge in [-0.1, -0.05) is 23.2 Å². The molecule has 0 saturated heterocycles. The van der Waals surface area contributed by atoms with Gasteiger partial charge in [-0.15, -0.1) is 0 Å². The molecule has 0 bridgehead atoms. The molecule has 3 rings (SSSR count). The Bertz CT molecular complexity index is 1030. The van der Waals surface area contributed by atoms with Gasteiger partial charge in [0.25, 0.3) is 0 Å². The molecular formula is C21H21Cl2N3O3. The van der Waals surface area contributed by atoms with E-state index in [1.807, 2.05) is 13.8 Å². The highest BCUT2D eigenvalue weighted by Crippen LogP contribution is 2.31. The first-order chi connectivity index (χ1) is 13.9. The topological polar surface area (TPSA) is 77.2 Å². The fourth-order valence-electron chi connectivity index (χ4n) is 2.98. The zero-order valence-electron chi connectivity index (χ0n) is 16.4. The Morgan fingerprint density at radius 1 is 1.21 bits per heavy atom.